The first kappa shape index (κ1) is 11.8. The van der Waals surface area contributed by atoms with Crippen LogP contribution in [0.25, 0.3) is 0 Å². The molecular formula is C10H13BN2O4. The Hall–Kier alpha value is -1.66. The van der Waals surface area contributed by atoms with Crippen LogP contribution in [-0.4, -0.2) is 43.9 Å². The summed E-state index contributed by atoms with van der Waals surface area (Å²) < 4.78 is 9.12. The molecule has 0 aromatic rings. The first-order chi connectivity index (χ1) is 8.15. The fraction of sp³-hybridized carbons (Fsp3) is 0.600. The van der Waals surface area contributed by atoms with Crippen molar-refractivity contribution in [3.8, 4) is 0 Å². The van der Waals surface area contributed by atoms with Gasteiger partial charge in [-0.3, -0.25) is 0 Å². The van der Waals surface area contributed by atoms with Crippen LogP contribution in [0, 0.1) is 11.2 Å². The molecular weight excluding hydrogens is 223 g/mol. The maximum atomic E-state index is 11.5. The van der Waals surface area contributed by atoms with Gasteiger partial charge in [0.05, 0.1) is 0 Å². The van der Waals surface area contributed by atoms with E-state index in [2.05, 4.69) is 9.39 Å². The van der Waals surface area contributed by atoms with Crippen molar-refractivity contribution in [3.63, 3.8) is 0 Å². The number of carbonyl (C=O) groups is 2. The van der Waals surface area contributed by atoms with Crippen LogP contribution in [0.2, 0.25) is 0 Å². The van der Waals surface area contributed by atoms with E-state index in [0.717, 1.165) is 12.0 Å². The Morgan fingerprint density at radius 2 is 2.35 bits per heavy atom. The molecule has 2 bridgehead atoms. The molecule has 1 amide bonds. The van der Waals surface area contributed by atoms with E-state index in [1.165, 1.54) is 13.2 Å². The summed E-state index contributed by atoms with van der Waals surface area (Å²) in [7, 11) is 1.99. The van der Waals surface area contributed by atoms with Gasteiger partial charge in [0.25, 0.3) is 0 Å². The number of carbonyl (C=O) groups excluding carboxylic acids is 2. The van der Waals surface area contributed by atoms with Crippen LogP contribution < -0.4 is 0 Å². The Morgan fingerprint density at radius 1 is 1.59 bits per heavy atom. The number of amides is 1. The molecule has 1 heterocycles. The van der Waals surface area contributed by atoms with Gasteiger partial charge < -0.3 is 0 Å². The Kier molecular flexibility index (Phi) is 3.26. The molecule has 2 aliphatic rings. The standard InChI is InChI=1S/C10H13BN2O4/c1-16-9(14)4-6-2-8-3-7(6)5-13(8)10(15)17-11-12/h4,7-8,12H,2-3,5H2,1H3. The fourth-order valence-corrected chi connectivity index (χ4v) is 2.55. The molecule has 2 unspecified atom stereocenters. The number of hydrogen-bond acceptors (Lipinski definition) is 5. The molecule has 2 atom stereocenters. The number of piperidine rings is 1. The van der Waals surface area contributed by atoms with Gasteiger partial charge in [0.2, 0.25) is 0 Å². The van der Waals surface area contributed by atoms with Gasteiger partial charge in [0, 0.05) is 0 Å². The van der Waals surface area contributed by atoms with Gasteiger partial charge in [0.15, 0.2) is 0 Å². The summed E-state index contributed by atoms with van der Waals surface area (Å²) >= 11 is 0. The van der Waals surface area contributed by atoms with E-state index in [1.807, 2.05) is 0 Å². The van der Waals surface area contributed by atoms with Crippen LogP contribution >= 0.6 is 0 Å². The fourth-order valence-electron chi connectivity index (χ4n) is 2.55. The Balaban J connectivity index is 2.00. The van der Waals surface area contributed by atoms with E-state index in [0.29, 0.717) is 20.2 Å². The van der Waals surface area contributed by atoms with Crippen LogP contribution in [0.5, 0.6) is 0 Å². The number of hydrogen-bond donors (Lipinski definition) is 1. The molecule has 1 aliphatic carbocycles. The van der Waals surface area contributed by atoms with Crippen molar-refractivity contribution in [3.05, 3.63) is 11.6 Å². The zero-order valence-corrected chi connectivity index (χ0v) is 9.51. The molecule has 0 aromatic heterocycles. The number of nitrogens with one attached hydrogen (secondary N) is 1. The molecule has 90 valence electrons. The van der Waals surface area contributed by atoms with E-state index in [1.54, 1.807) is 4.90 Å². The molecule has 1 saturated carbocycles. The number of esters is 1. The predicted octanol–water partition coefficient (Wildman–Crippen LogP) is 0.698. The van der Waals surface area contributed by atoms with Crippen molar-refractivity contribution in [1.29, 1.82) is 5.31 Å². The summed E-state index contributed by atoms with van der Waals surface area (Å²) in [5.41, 5.74) is 1.04. The molecule has 0 radical (unpaired) electrons. The van der Waals surface area contributed by atoms with Crippen molar-refractivity contribution >= 4 is 19.3 Å². The minimum absolute atomic E-state index is 0.0864. The summed E-state index contributed by atoms with van der Waals surface area (Å²) in [4.78, 5) is 24.2. The molecule has 6 nitrogen and oxygen atoms in total. The SMILES string of the molecule is COC(=O)C=C1CC2CC1CN2C(=O)OB=N. The van der Waals surface area contributed by atoms with Gasteiger partial charge in [-0.05, 0) is 0 Å². The second-order valence-electron chi connectivity index (χ2n) is 4.19. The Bertz CT molecular complexity index is 396. The molecule has 0 aromatic carbocycles. The number of nitrogens with zero attached hydrogens (tertiary/aromatic N) is 1. The second-order valence-corrected chi connectivity index (χ2v) is 4.19. The summed E-state index contributed by atoms with van der Waals surface area (Å²) in [5.74, 6) is -0.126. The van der Waals surface area contributed by atoms with Gasteiger partial charge in [-0.25, -0.2) is 0 Å². The van der Waals surface area contributed by atoms with Crippen molar-refractivity contribution < 1.29 is 19.0 Å². The monoisotopic (exact) mass is 236 g/mol. The molecule has 2 fully saturated rings. The number of fused-ring (bicyclic) bond motifs is 2. The van der Waals surface area contributed by atoms with Crippen LogP contribution in [0.1, 0.15) is 12.8 Å². The quantitative estimate of drug-likeness (QED) is 0.434. The predicted molar refractivity (Wildman–Crippen MR) is 58.3 cm³/mol. The van der Waals surface area contributed by atoms with Crippen LogP contribution in [-0.2, 0) is 14.2 Å². The number of rotatable bonds is 2. The molecule has 7 heteroatoms. The van der Waals surface area contributed by atoms with E-state index in [-0.39, 0.29) is 17.9 Å². The van der Waals surface area contributed by atoms with E-state index >= 15 is 0 Å². The molecule has 2 rings (SSSR count). The van der Waals surface area contributed by atoms with E-state index in [9.17, 15) is 9.59 Å². The Morgan fingerprint density at radius 3 is 2.88 bits per heavy atom. The third-order valence-corrected chi connectivity index (χ3v) is 3.31. The van der Waals surface area contributed by atoms with Crippen molar-refractivity contribution in [2.24, 2.45) is 5.92 Å². The van der Waals surface area contributed by atoms with Crippen molar-refractivity contribution in [2.75, 3.05) is 13.7 Å². The van der Waals surface area contributed by atoms with Crippen LogP contribution in [0.3, 0.4) is 0 Å². The normalized spacial score (nSPS) is 28.1. The minimum atomic E-state index is -0.482. The average molecular weight is 236 g/mol. The van der Waals surface area contributed by atoms with Crippen molar-refractivity contribution in [1.82, 2.24) is 4.90 Å². The summed E-state index contributed by atoms with van der Waals surface area (Å²) in [6.45, 7) is 0.556. The second kappa shape index (κ2) is 4.69. The summed E-state index contributed by atoms with van der Waals surface area (Å²) in [6, 6.07) is 0.0864. The van der Waals surface area contributed by atoms with Gasteiger partial charge in [-0.15, -0.1) is 0 Å². The van der Waals surface area contributed by atoms with E-state index < -0.39 is 6.09 Å². The maximum absolute atomic E-state index is 11.5. The molecule has 1 N–H and O–H groups in total. The summed E-state index contributed by atoms with van der Waals surface area (Å²) in [5, 5.41) is 6.72. The molecule has 17 heavy (non-hydrogen) atoms. The van der Waals surface area contributed by atoms with Gasteiger partial charge in [0.1, 0.15) is 0 Å². The van der Waals surface area contributed by atoms with Gasteiger partial charge >= 0.3 is 98.6 Å². The number of methoxy groups -OCH3 is 1. The molecule has 1 aliphatic heterocycles. The first-order valence-electron chi connectivity index (χ1n) is 5.40. The first-order valence-corrected chi connectivity index (χ1v) is 5.40. The molecule has 0 spiro atoms. The number of ether oxygens (including phenoxy) is 1. The van der Waals surface area contributed by atoms with Crippen LogP contribution in [0.15, 0.2) is 11.6 Å². The zero-order valence-electron chi connectivity index (χ0n) is 9.51. The van der Waals surface area contributed by atoms with Gasteiger partial charge in [-0.1, -0.05) is 0 Å². The topological polar surface area (TPSA) is 79.7 Å². The van der Waals surface area contributed by atoms with Crippen molar-refractivity contribution in [2.45, 2.75) is 18.9 Å². The number of likely N-dealkylation sites (tertiary alicyclic amines) is 1. The summed E-state index contributed by atoms with van der Waals surface area (Å²) in [6.07, 6.45) is 2.58. The third-order valence-electron chi connectivity index (χ3n) is 3.31. The zero-order chi connectivity index (χ0) is 12.4. The molecule has 1 saturated heterocycles. The third kappa shape index (κ3) is 2.23. The van der Waals surface area contributed by atoms with Crippen LogP contribution in [0.4, 0.5) is 4.79 Å². The average Bonchev–Trinajstić information content (AvgIpc) is 2.88. The van der Waals surface area contributed by atoms with Gasteiger partial charge in [-0.2, -0.15) is 0 Å². The Labute approximate surface area is 99.3 Å². The van der Waals surface area contributed by atoms with E-state index in [4.69, 9.17) is 5.31 Å².